The van der Waals surface area contributed by atoms with Gasteiger partial charge in [-0.2, -0.15) is 0 Å². The first-order valence-corrected chi connectivity index (χ1v) is 3.73. The fourth-order valence-corrected chi connectivity index (χ4v) is 0.872. The number of carbonyl (C=O) groups is 1. The zero-order valence-corrected chi connectivity index (χ0v) is 7.14. The summed E-state index contributed by atoms with van der Waals surface area (Å²) in [6.07, 6.45) is 1.18. The number of aromatic hydroxyl groups is 2. The Bertz CT molecular complexity index is 398. The largest absolute Gasteiger partial charge is 0.504 e. The highest BCUT2D eigenvalue weighted by Gasteiger charge is 2.03. The molecule has 1 aromatic rings. The Hall–Kier alpha value is -2.17. The Morgan fingerprint density at radius 3 is 2.43 bits per heavy atom. The molecule has 0 unspecified atom stereocenters. The van der Waals surface area contributed by atoms with E-state index in [2.05, 4.69) is 0 Å². The number of aliphatic carboxylic acids is 1. The van der Waals surface area contributed by atoms with Crippen LogP contribution in [0.25, 0.3) is 6.08 Å². The fourth-order valence-electron chi connectivity index (χ4n) is 0.872. The zero-order chi connectivity index (χ0) is 10.7. The fraction of sp³-hybridized carbons (Fsp3) is 0. The van der Waals surface area contributed by atoms with Gasteiger partial charge in [0.2, 0.25) is 0 Å². The lowest BCUT2D eigenvalue weighted by Crippen LogP contribution is -2.09. The minimum absolute atomic E-state index is 0.268. The molecule has 0 spiro atoms. The molecule has 0 radical (unpaired) electrons. The van der Waals surface area contributed by atoms with Crippen molar-refractivity contribution in [3.05, 3.63) is 29.5 Å². The monoisotopic (exact) mass is 195 g/mol. The van der Waals surface area contributed by atoms with E-state index in [1.807, 2.05) is 0 Å². The van der Waals surface area contributed by atoms with Crippen molar-refractivity contribution >= 4 is 12.0 Å². The van der Waals surface area contributed by atoms with Crippen LogP contribution in [0.5, 0.6) is 11.5 Å². The van der Waals surface area contributed by atoms with Gasteiger partial charge in [-0.05, 0) is 23.8 Å². The van der Waals surface area contributed by atoms with E-state index in [4.69, 9.17) is 21.1 Å². The van der Waals surface area contributed by atoms with Gasteiger partial charge in [0.05, 0.1) is 0 Å². The minimum Gasteiger partial charge on any atom is -0.504 e. The molecular weight excluding hydrogens is 186 g/mol. The molecule has 0 fully saturated rings. The molecule has 0 atom stereocenters. The van der Waals surface area contributed by atoms with Gasteiger partial charge in [0, 0.05) is 0 Å². The number of carboxylic acid groups (broad SMARTS) is 1. The number of hydrogen-bond donors (Lipinski definition) is 4. The van der Waals surface area contributed by atoms with Crippen molar-refractivity contribution in [1.82, 2.24) is 0 Å². The summed E-state index contributed by atoms with van der Waals surface area (Å²) >= 11 is 0. The number of nitrogens with two attached hydrogens (primary N) is 1. The first kappa shape index (κ1) is 9.91. The molecule has 0 aromatic heterocycles. The number of carboxylic acids is 1. The van der Waals surface area contributed by atoms with Gasteiger partial charge in [0.1, 0.15) is 5.70 Å². The molecule has 0 aliphatic carbocycles. The van der Waals surface area contributed by atoms with Gasteiger partial charge in [0.25, 0.3) is 0 Å². The summed E-state index contributed by atoms with van der Waals surface area (Å²) < 4.78 is 0. The van der Waals surface area contributed by atoms with Crippen molar-refractivity contribution in [2.45, 2.75) is 0 Å². The van der Waals surface area contributed by atoms with E-state index in [1.54, 1.807) is 0 Å². The van der Waals surface area contributed by atoms with E-state index in [-0.39, 0.29) is 17.2 Å². The summed E-state index contributed by atoms with van der Waals surface area (Å²) in [5, 5.41) is 26.5. The van der Waals surface area contributed by atoms with Crippen LogP contribution in [0.3, 0.4) is 0 Å². The summed E-state index contributed by atoms with van der Waals surface area (Å²) in [5.41, 5.74) is 5.22. The highest BCUT2D eigenvalue weighted by atomic mass is 16.4. The van der Waals surface area contributed by atoms with Crippen LogP contribution in [-0.2, 0) is 4.79 Å². The Labute approximate surface area is 79.7 Å². The predicted octanol–water partition coefficient (Wildman–Crippen LogP) is 0.482. The van der Waals surface area contributed by atoms with Crippen molar-refractivity contribution in [3.63, 3.8) is 0 Å². The molecule has 0 saturated heterocycles. The lowest BCUT2D eigenvalue weighted by atomic mass is 10.1. The number of hydrogen-bond acceptors (Lipinski definition) is 4. The number of rotatable bonds is 2. The van der Waals surface area contributed by atoms with Gasteiger partial charge < -0.3 is 21.1 Å². The quantitative estimate of drug-likeness (QED) is 0.406. The Morgan fingerprint density at radius 2 is 1.93 bits per heavy atom. The molecule has 74 valence electrons. The summed E-state index contributed by atoms with van der Waals surface area (Å²) in [6.45, 7) is 0. The van der Waals surface area contributed by atoms with Crippen molar-refractivity contribution in [3.8, 4) is 11.5 Å². The molecule has 14 heavy (non-hydrogen) atoms. The van der Waals surface area contributed by atoms with E-state index in [0.717, 1.165) is 0 Å². The van der Waals surface area contributed by atoms with E-state index >= 15 is 0 Å². The Morgan fingerprint density at radius 1 is 1.29 bits per heavy atom. The Balaban J connectivity index is 3.04. The van der Waals surface area contributed by atoms with Crippen molar-refractivity contribution in [2.24, 2.45) is 5.73 Å². The third-order valence-electron chi connectivity index (χ3n) is 1.57. The van der Waals surface area contributed by atoms with Crippen LogP contribution < -0.4 is 5.73 Å². The second-order valence-corrected chi connectivity index (χ2v) is 2.65. The minimum atomic E-state index is -1.24. The maximum atomic E-state index is 10.4. The van der Waals surface area contributed by atoms with Crippen molar-refractivity contribution < 1.29 is 20.1 Å². The Kier molecular flexibility index (Phi) is 2.62. The highest BCUT2D eigenvalue weighted by Crippen LogP contribution is 2.25. The second-order valence-electron chi connectivity index (χ2n) is 2.65. The molecule has 0 amide bonds. The van der Waals surface area contributed by atoms with Gasteiger partial charge in [-0.3, -0.25) is 0 Å². The van der Waals surface area contributed by atoms with Crippen LogP contribution in [-0.4, -0.2) is 21.3 Å². The summed E-state index contributed by atoms with van der Waals surface area (Å²) in [7, 11) is 0. The first-order chi connectivity index (χ1) is 6.50. The van der Waals surface area contributed by atoms with E-state index < -0.39 is 5.97 Å². The van der Waals surface area contributed by atoms with Crippen molar-refractivity contribution in [2.75, 3.05) is 0 Å². The molecule has 0 saturated carbocycles. The first-order valence-electron chi connectivity index (χ1n) is 3.73. The van der Waals surface area contributed by atoms with Gasteiger partial charge in [0.15, 0.2) is 11.5 Å². The smallest absolute Gasteiger partial charge is 0.351 e. The van der Waals surface area contributed by atoms with E-state index in [1.165, 1.54) is 24.3 Å². The second kappa shape index (κ2) is 3.69. The van der Waals surface area contributed by atoms with Crippen LogP contribution in [0.15, 0.2) is 23.9 Å². The number of benzene rings is 1. The van der Waals surface area contributed by atoms with Crippen LogP contribution in [0.2, 0.25) is 0 Å². The number of phenols is 2. The molecule has 0 heterocycles. The molecule has 1 rings (SSSR count). The predicted molar refractivity (Wildman–Crippen MR) is 49.6 cm³/mol. The SMILES string of the molecule is NC(=Cc1ccc(O)c(O)c1)C(=O)O. The lowest BCUT2D eigenvalue weighted by molar-refractivity contribution is -0.132. The maximum Gasteiger partial charge on any atom is 0.351 e. The summed E-state index contributed by atoms with van der Waals surface area (Å²) in [4.78, 5) is 10.4. The van der Waals surface area contributed by atoms with Crippen LogP contribution in [0.1, 0.15) is 5.56 Å². The number of phenolic OH excluding ortho intramolecular Hbond substituents is 2. The normalized spacial score (nSPS) is 11.3. The van der Waals surface area contributed by atoms with Gasteiger partial charge in [-0.1, -0.05) is 6.07 Å². The zero-order valence-electron chi connectivity index (χ0n) is 7.14. The molecule has 0 aliphatic rings. The summed E-state index contributed by atoms with van der Waals surface area (Å²) in [5.74, 6) is -1.83. The third-order valence-corrected chi connectivity index (χ3v) is 1.57. The van der Waals surface area contributed by atoms with E-state index in [9.17, 15) is 4.79 Å². The van der Waals surface area contributed by atoms with Gasteiger partial charge in [-0.25, -0.2) is 4.79 Å². The molecular formula is C9H9NO4. The lowest BCUT2D eigenvalue weighted by Gasteiger charge is -1.99. The standard InChI is InChI=1S/C9H9NO4/c10-6(9(13)14)3-5-1-2-7(11)8(12)4-5/h1-4,11-12H,10H2,(H,13,14). The van der Waals surface area contributed by atoms with Crippen LogP contribution in [0, 0.1) is 0 Å². The van der Waals surface area contributed by atoms with Gasteiger partial charge >= 0.3 is 5.97 Å². The van der Waals surface area contributed by atoms with Gasteiger partial charge in [-0.15, -0.1) is 0 Å². The molecule has 5 nitrogen and oxygen atoms in total. The average molecular weight is 195 g/mol. The summed E-state index contributed by atoms with van der Waals surface area (Å²) in [6, 6.07) is 3.90. The maximum absolute atomic E-state index is 10.4. The van der Waals surface area contributed by atoms with Crippen LogP contribution >= 0.6 is 0 Å². The molecule has 1 aromatic carbocycles. The molecule has 0 aliphatic heterocycles. The van der Waals surface area contributed by atoms with E-state index in [0.29, 0.717) is 5.56 Å². The third kappa shape index (κ3) is 2.16. The average Bonchev–Trinajstić information content (AvgIpc) is 2.11. The molecule has 5 N–H and O–H groups in total. The van der Waals surface area contributed by atoms with Crippen LogP contribution in [0.4, 0.5) is 0 Å². The highest BCUT2D eigenvalue weighted by molar-refractivity contribution is 5.91. The van der Waals surface area contributed by atoms with Crippen molar-refractivity contribution in [1.29, 1.82) is 0 Å². The molecule has 0 bridgehead atoms. The molecule has 5 heteroatoms. The topological polar surface area (TPSA) is 104 Å².